The van der Waals surface area contributed by atoms with Crippen molar-refractivity contribution in [2.24, 2.45) is 0 Å². The van der Waals surface area contributed by atoms with Crippen molar-refractivity contribution in [3.05, 3.63) is 42.5 Å². The molecule has 3 rings (SSSR count). The predicted octanol–water partition coefficient (Wildman–Crippen LogP) is 3.95. The summed E-state index contributed by atoms with van der Waals surface area (Å²) in [6.07, 6.45) is -6.54. The topological polar surface area (TPSA) is 52.6 Å². The first kappa shape index (κ1) is 15.7. The summed E-state index contributed by atoms with van der Waals surface area (Å²) in [5.74, 6) is -0.0558. The van der Waals surface area contributed by atoms with Crippen LogP contribution in [-0.4, -0.2) is 20.7 Å². The quantitative estimate of drug-likeness (QED) is 0.706. The number of benzene rings is 2. The molecule has 0 saturated carbocycles. The molecule has 0 fully saturated rings. The first-order valence-corrected chi connectivity index (χ1v) is 8.07. The zero-order valence-electron chi connectivity index (χ0n) is 11.8. The van der Waals surface area contributed by atoms with Gasteiger partial charge >= 0.3 is 6.18 Å². The van der Waals surface area contributed by atoms with Gasteiger partial charge in [0.25, 0.3) is 0 Å². The largest absolute Gasteiger partial charge is 0.481 e. The molecule has 122 valence electrons. The lowest BCUT2D eigenvalue weighted by molar-refractivity contribution is -0.189. The van der Waals surface area contributed by atoms with Crippen LogP contribution in [0.5, 0.6) is 17.2 Å². The number of rotatable bonds is 2. The van der Waals surface area contributed by atoms with Crippen LogP contribution in [0.25, 0.3) is 0 Å². The van der Waals surface area contributed by atoms with Gasteiger partial charge in [-0.3, -0.25) is 0 Å². The molecular formula is C15H11F3O4S. The molecule has 0 spiro atoms. The van der Waals surface area contributed by atoms with Crippen molar-refractivity contribution in [3.63, 3.8) is 0 Å². The van der Waals surface area contributed by atoms with Crippen molar-refractivity contribution in [2.75, 3.05) is 0 Å². The molecule has 1 heterocycles. The number of fused-ring (bicyclic) bond motifs is 2. The van der Waals surface area contributed by atoms with E-state index >= 15 is 0 Å². The normalized spacial score (nSPS) is 16.7. The monoisotopic (exact) mass is 344 g/mol. The molecule has 4 nitrogen and oxygen atoms in total. The van der Waals surface area contributed by atoms with Crippen LogP contribution in [0.2, 0.25) is 0 Å². The standard InChI is InChI=1S/C15H11F3O4S/c1-9(15(16,17)18)21-10-6-7-14-12(8-10)22-11-4-2-3-5-13(11)23(14,19)20/h2-9H,1H3. The highest BCUT2D eigenvalue weighted by Gasteiger charge is 2.38. The fraction of sp³-hybridized carbons (Fsp3) is 0.200. The molecule has 0 saturated heterocycles. The Kier molecular flexibility index (Phi) is 3.51. The van der Waals surface area contributed by atoms with Crippen LogP contribution in [0.15, 0.2) is 52.3 Å². The maximum Gasteiger partial charge on any atom is 0.425 e. The Morgan fingerprint density at radius 3 is 2.39 bits per heavy atom. The maximum absolute atomic E-state index is 12.5. The number of para-hydroxylation sites is 1. The van der Waals surface area contributed by atoms with Crippen molar-refractivity contribution in [1.29, 1.82) is 0 Å². The van der Waals surface area contributed by atoms with Gasteiger partial charge in [-0.05, 0) is 31.2 Å². The van der Waals surface area contributed by atoms with E-state index in [1.807, 2.05) is 0 Å². The van der Waals surface area contributed by atoms with Crippen LogP contribution in [-0.2, 0) is 9.84 Å². The fourth-order valence-electron chi connectivity index (χ4n) is 2.13. The summed E-state index contributed by atoms with van der Waals surface area (Å²) in [7, 11) is -3.78. The second-order valence-electron chi connectivity index (χ2n) is 4.96. The fourth-order valence-corrected chi connectivity index (χ4v) is 3.61. The lowest BCUT2D eigenvalue weighted by atomic mass is 10.3. The highest BCUT2D eigenvalue weighted by Crippen LogP contribution is 2.43. The molecule has 0 bridgehead atoms. The number of alkyl halides is 3. The Morgan fingerprint density at radius 2 is 1.70 bits per heavy atom. The number of hydrogen-bond donors (Lipinski definition) is 0. The molecule has 0 amide bonds. The minimum atomic E-state index is -4.52. The van der Waals surface area contributed by atoms with E-state index < -0.39 is 22.1 Å². The van der Waals surface area contributed by atoms with E-state index in [0.29, 0.717) is 0 Å². The van der Waals surface area contributed by atoms with Crippen LogP contribution < -0.4 is 9.47 Å². The van der Waals surface area contributed by atoms with Crippen LogP contribution in [0.3, 0.4) is 0 Å². The molecule has 1 atom stereocenters. The van der Waals surface area contributed by atoms with Gasteiger partial charge in [0, 0.05) is 6.07 Å². The molecule has 23 heavy (non-hydrogen) atoms. The first-order valence-electron chi connectivity index (χ1n) is 6.59. The van der Waals surface area contributed by atoms with Crippen molar-refractivity contribution in [2.45, 2.75) is 29.0 Å². The number of halogens is 3. The Hall–Kier alpha value is -2.22. The maximum atomic E-state index is 12.5. The molecule has 2 aromatic carbocycles. The second kappa shape index (κ2) is 5.16. The molecule has 0 radical (unpaired) electrons. The molecule has 0 aliphatic carbocycles. The summed E-state index contributed by atoms with van der Waals surface area (Å²) in [4.78, 5) is -0.0898. The molecular weight excluding hydrogens is 333 g/mol. The summed E-state index contributed by atoms with van der Waals surface area (Å²) in [6, 6.07) is 9.55. The van der Waals surface area contributed by atoms with Gasteiger partial charge in [-0.15, -0.1) is 0 Å². The molecule has 2 aromatic rings. The van der Waals surface area contributed by atoms with Gasteiger partial charge in [-0.1, -0.05) is 12.1 Å². The Labute approximate surface area is 130 Å². The smallest absolute Gasteiger partial charge is 0.425 e. The summed E-state index contributed by atoms with van der Waals surface area (Å²) in [6.45, 7) is 0.867. The third-order valence-electron chi connectivity index (χ3n) is 3.34. The van der Waals surface area contributed by atoms with E-state index in [1.165, 1.54) is 24.3 Å². The highest BCUT2D eigenvalue weighted by molar-refractivity contribution is 7.91. The van der Waals surface area contributed by atoms with E-state index in [-0.39, 0.29) is 27.0 Å². The lowest BCUT2D eigenvalue weighted by Crippen LogP contribution is -2.31. The van der Waals surface area contributed by atoms with E-state index in [4.69, 9.17) is 9.47 Å². The second-order valence-corrected chi connectivity index (χ2v) is 6.85. The van der Waals surface area contributed by atoms with Crippen LogP contribution in [0.1, 0.15) is 6.92 Å². The average molecular weight is 344 g/mol. The minimum absolute atomic E-state index is 0.0184. The third-order valence-corrected chi connectivity index (χ3v) is 5.17. The first-order chi connectivity index (χ1) is 10.7. The number of hydrogen-bond acceptors (Lipinski definition) is 4. The predicted molar refractivity (Wildman–Crippen MR) is 74.6 cm³/mol. The SMILES string of the molecule is CC(Oc1ccc2c(c1)Oc1ccccc1S2(=O)=O)C(F)(F)F. The minimum Gasteiger partial charge on any atom is -0.481 e. The third kappa shape index (κ3) is 2.74. The summed E-state index contributed by atoms with van der Waals surface area (Å²) in [5.41, 5.74) is 0. The highest BCUT2D eigenvalue weighted by atomic mass is 32.2. The number of ether oxygens (including phenoxy) is 2. The summed E-state index contributed by atoms with van der Waals surface area (Å²) >= 11 is 0. The van der Waals surface area contributed by atoms with Crippen molar-refractivity contribution < 1.29 is 31.1 Å². The number of sulfone groups is 1. The summed E-state index contributed by atoms with van der Waals surface area (Å²) in [5, 5.41) is 0. The zero-order valence-corrected chi connectivity index (χ0v) is 12.6. The average Bonchev–Trinajstić information content (AvgIpc) is 2.46. The van der Waals surface area contributed by atoms with Crippen molar-refractivity contribution >= 4 is 9.84 Å². The van der Waals surface area contributed by atoms with Gasteiger partial charge in [0.1, 0.15) is 27.0 Å². The van der Waals surface area contributed by atoms with E-state index in [2.05, 4.69) is 0 Å². The van der Waals surface area contributed by atoms with Crippen molar-refractivity contribution in [1.82, 2.24) is 0 Å². The van der Waals surface area contributed by atoms with Gasteiger partial charge in [-0.2, -0.15) is 13.2 Å². The van der Waals surface area contributed by atoms with Gasteiger partial charge in [0.15, 0.2) is 6.10 Å². The Balaban J connectivity index is 2.00. The molecule has 1 aliphatic heterocycles. The Bertz CT molecular complexity index is 859. The van der Waals surface area contributed by atoms with Crippen molar-refractivity contribution in [3.8, 4) is 17.2 Å². The van der Waals surface area contributed by atoms with Gasteiger partial charge in [0.2, 0.25) is 9.84 Å². The van der Waals surface area contributed by atoms with Crippen LogP contribution >= 0.6 is 0 Å². The molecule has 1 unspecified atom stereocenters. The van der Waals surface area contributed by atoms with E-state index in [1.54, 1.807) is 12.1 Å². The van der Waals surface area contributed by atoms with Crippen LogP contribution in [0.4, 0.5) is 13.2 Å². The molecule has 8 heteroatoms. The van der Waals surface area contributed by atoms with E-state index in [0.717, 1.165) is 13.0 Å². The van der Waals surface area contributed by atoms with Gasteiger partial charge in [0.05, 0.1) is 0 Å². The Morgan fingerprint density at radius 1 is 1.04 bits per heavy atom. The van der Waals surface area contributed by atoms with Gasteiger partial charge < -0.3 is 9.47 Å². The zero-order chi connectivity index (χ0) is 16.8. The molecule has 0 aromatic heterocycles. The van der Waals surface area contributed by atoms with Crippen LogP contribution in [0, 0.1) is 0 Å². The molecule has 0 N–H and O–H groups in total. The lowest BCUT2D eigenvalue weighted by Gasteiger charge is -2.22. The van der Waals surface area contributed by atoms with E-state index in [9.17, 15) is 21.6 Å². The van der Waals surface area contributed by atoms with Gasteiger partial charge in [-0.25, -0.2) is 8.42 Å². The summed E-state index contributed by atoms with van der Waals surface area (Å²) < 4.78 is 72.9. The molecule has 1 aliphatic rings.